The van der Waals surface area contributed by atoms with Crippen molar-refractivity contribution in [1.82, 2.24) is 4.98 Å². The quantitative estimate of drug-likeness (QED) is 0.716. The second-order valence-electron chi connectivity index (χ2n) is 3.21. The molecule has 0 spiro atoms. The van der Waals surface area contributed by atoms with Gasteiger partial charge in [0.05, 0.1) is 18.7 Å². The largest absolute Gasteiger partial charge is 0.496 e. The molecule has 0 radical (unpaired) electrons. The maximum Gasteiger partial charge on any atom is 0.126 e. The van der Waals surface area contributed by atoms with Crippen LogP contribution in [0.15, 0.2) is 36.5 Å². The molecule has 1 aromatic carbocycles. The van der Waals surface area contributed by atoms with Gasteiger partial charge in [-0.15, -0.1) is 0 Å². The molecule has 0 bridgehead atoms. The number of rotatable bonds is 2. The summed E-state index contributed by atoms with van der Waals surface area (Å²) in [4.78, 5) is 4.25. The van der Waals surface area contributed by atoms with Crippen molar-refractivity contribution in [2.24, 2.45) is 0 Å². The molecule has 1 aromatic heterocycles. The van der Waals surface area contributed by atoms with Gasteiger partial charge < -0.3 is 4.74 Å². The molecule has 0 unspecified atom stereocenters. The lowest BCUT2D eigenvalue weighted by molar-refractivity contribution is 0.414. The monoisotopic (exact) mass is 210 g/mol. The van der Waals surface area contributed by atoms with Crippen LogP contribution in [0.4, 0.5) is 0 Å². The molecule has 0 aliphatic carbocycles. The van der Waals surface area contributed by atoms with Crippen LogP contribution in [0.2, 0.25) is 0 Å². The van der Waals surface area contributed by atoms with E-state index in [2.05, 4.69) is 4.98 Å². The second-order valence-corrected chi connectivity index (χ2v) is 3.21. The standard InChI is InChI=1S/C13H10N2O/c1-16-13-7-6-12-10(5-3-9-15-12)11(13)4-2-8-14/h2-7,9H,1H3/b4-2-. The van der Waals surface area contributed by atoms with Gasteiger partial charge in [-0.25, -0.2) is 0 Å². The van der Waals surface area contributed by atoms with Crippen LogP contribution < -0.4 is 4.74 Å². The van der Waals surface area contributed by atoms with Crippen LogP contribution in [0.25, 0.3) is 17.0 Å². The first-order valence-corrected chi connectivity index (χ1v) is 4.84. The third-order valence-corrected chi connectivity index (χ3v) is 2.33. The van der Waals surface area contributed by atoms with Crippen molar-refractivity contribution in [1.29, 1.82) is 5.26 Å². The van der Waals surface area contributed by atoms with Gasteiger partial charge in [0, 0.05) is 23.2 Å². The predicted molar refractivity (Wildman–Crippen MR) is 62.9 cm³/mol. The van der Waals surface area contributed by atoms with Crippen LogP contribution in [0, 0.1) is 11.3 Å². The van der Waals surface area contributed by atoms with Crippen LogP contribution in [0.3, 0.4) is 0 Å². The molecule has 0 saturated carbocycles. The highest BCUT2D eigenvalue weighted by Crippen LogP contribution is 2.27. The zero-order valence-corrected chi connectivity index (χ0v) is 8.84. The number of aromatic nitrogens is 1. The van der Waals surface area contributed by atoms with E-state index in [4.69, 9.17) is 10.00 Å². The number of methoxy groups -OCH3 is 1. The van der Waals surface area contributed by atoms with Crippen LogP contribution in [0.1, 0.15) is 5.56 Å². The smallest absolute Gasteiger partial charge is 0.126 e. The molecule has 78 valence electrons. The van der Waals surface area contributed by atoms with Gasteiger partial charge in [-0.05, 0) is 24.3 Å². The summed E-state index contributed by atoms with van der Waals surface area (Å²) in [5.41, 5.74) is 1.77. The van der Waals surface area contributed by atoms with E-state index in [1.54, 1.807) is 19.4 Å². The van der Waals surface area contributed by atoms with Gasteiger partial charge in [-0.3, -0.25) is 4.98 Å². The maximum atomic E-state index is 8.57. The highest BCUT2D eigenvalue weighted by Gasteiger charge is 2.05. The number of ether oxygens (including phenoxy) is 1. The predicted octanol–water partition coefficient (Wildman–Crippen LogP) is 2.78. The summed E-state index contributed by atoms with van der Waals surface area (Å²) in [6.45, 7) is 0. The first-order valence-electron chi connectivity index (χ1n) is 4.84. The van der Waals surface area contributed by atoms with E-state index >= 15 is 0 Å². The van der Waals surface area contributed by atoms with Crippen LogP contribution in [-0.2, 0) is 0 Å². The Bertz CT molecular complexity index is 582. The van der Waals surface area contributed by atoms with Crippen LogP contribution in [0.5, 0.6) is 5.75 Å². The third-order valence-electron chi connectivity index (χ3n) is 2.33. The van der Waals surface area contributed by atoms with E-state index in [1.165, 1.54) is 6.08 Å². The first-order chi connectivity index (χ1) is 7.86. The molecule has 3 nitrogen and oxygen atoms in total. The van der Waals surface area contributed by atoms with Crippen molar-refractivity contribution in [2.75, 3.05) is 7.11 Å². The van der Waals surface area contributed by atoms with Gasteiger partial charge in [0.2, 0.25) is 0 Å². The molecule has 0 aliphatic rings. The molecular weight excluding hydrogens is 200 g/mol. The SMILES string of the molecule is COc1ccc2ncccc2c1/C=C\C#N. The molecule has 0 aliphatic heterocycles. The van der Waals surface area contributed by atoms with E-state index in [9.17, 15) is 0 Å². The summed E-state index contributed by atoms with van der Waals surface area (Å²) < 4.78 is 5.26. The van der Waals surface area contributed by atoms with E-state index in [-0.39, 0.29) is 0 Å². The summed E-state index contributed by atoms with van der Waals surface area (Å²) in [5.74, 6) is 0.743. The molecule has 2 aromatic rings. The zero-order valence-electron chi connectivity index (χ0n) is 8.84. The van der Waals surface area contributed by atoms with E-state index in [0.29, 0.717) is 0 Å². The highest BCUT2D eigenvalue weighted by atomic mass is 16.5. The Morgan fingerprint density at radius 1 is 1.38 bits per heavy atom. The lowest BCUT2D eigenvalue weighted by Crippen LogP contribution is -1.89. The summed E-state index contributed by atoms with van der Waals surface area (Å²) in [7, 11) is 1.61. The summed E-state index contributed by atoms with van der Waals surface area (Å²) in [6, 6.07) is 9.56. The highest BCUT2D eigenvalue weighted by molar-refractivity contribution is 5.90. The number of nitrogens with zero attached hydrogens (tertiary/aromatic N) is 2. The minimum absolute atomic E-state index is 0.743. The summed E-state index contributed by atoms with van der Waals surface area (Å²) in [6.07, 6.45) is 4.92. The van der Waals surface area contributed by atoms with Gasteiger partial charge >= 0.3 is 0 Å². The van der Waals surface area contributed by atoms with Gasteiger partial charge in [-0.1, -0.05) is 6.07 Å². The number of hydrogen-bond acceptors (Lipinski definition) is 3. The first kappa shape index (κ1) is 10.2. The molecule has 0 amide bonds. The maximum absolute atomic E-state index is 8.57. The number of benzene rings is 1. The van der Waals surface area contributed by atoms with E-state index < -0.39 is 0 Å². The molecule has 0 atom stereocenters. The molecule has 1 heterocycles. The number of nitriles is 1. The van der Waals surface area contributed by atoms with E-state index in [0.717, 1.165) is 22.2 Å². The van der Waals surface area contributed by atoms with Gasteiger partial charge in [0.15, 0.2) is 0 Å². The van der Waals surface area contributed by atoms with Gasteiger partial charge in [0.25, 0.3) is 0 Å². The van der Waals surface area contributed by atoms with Crippen molar-refractivity contribution in [3.8, 4) is 11.8 Å². The topological polar surface area (TPSA) is 45.9 Å². The molecule has 3 heteroatoms. The second kappa shape index (κ2) is 4.45. The molecule has 0 N–H and O–H groups in total. The zero-order chi connectivity index (χ0) is 11.4. The molecular formula is C13H10N2O. The fourth-order valence-corrected chi connectivity index (χ4v) is 1.63. The number of fused-ring (bicyclic) bond motifs is 1. The molecule has 16 heavy (non-hydrogen) atoms. The van der Waals surface area contributed by atoms with E-state index in [1.807, 2.05) is 30.3 Å². The average Bonchev–Trinajstić information content (AvgIpc) is 2.35. The van der Waals surface area contributed by atoms with Crippen molar-refractivity contribution in [3.05, 3.63) is 42.1 Å². The normalized spacial score (nSPS) is 10.5. The van der Waals surface area contributed by atoms with Crippen molar-refractivity contribution < 1.29 is 4.74 Å². The van der Waals surface area contributed by atoms with Crippen LogP contribution >= 0.6 is 0 Å². The number of hydrogen-bond donors (Lipinski definition) is 0. The minimum Gasteiger partial charge on any atom is -0.496 e. The van der Waals surface area contributed by atoms with Gasteiger partial charge in [0.1, 0.15) is 5.75 Å². The third kappa shape index (κ3) is 1.73. The number of allylic oxidation sites excluding steroid dienone is 1. The van der Waals surface area contributed by atoms with Crippen molar-refractivity contribution in [2.45, 2.75) is 0 Å². The molecule has 0 fully saturated rings. The molecule has 0 saturated heterocycles. The van der Waals surface area contributed by atoms with Crippen molar-refractivity contribution >= 4 is 17.0 Å². The Kier molecular flexibility index (Phi) is 2.84. The Morgan fingerprint density at radius 3 is 3.00 bits per heavy atom. The average molecular weight is 210 g/mol. The minimum atomic E-state index is 0.743. The van der Waals surface area contributed by atoms with Gasteiger partial charge in [-0.2, -0.15) is 5.26 Å². The van der Waals surface area contributed by atoms with Crippen molar-refractivity contribution in [3.63, 3.8) is 0 Å². The Morgan fingerprint density at radius 2 is 2.25 bits per heavy atom. The number of pyridine rings is 1. The molecule has 2 rings (SSSR count). The lowest BCUT2D eigenvalue weighted by Gasteiger charge is -2.07. The Balaban J connectivity index is 2.74. The summed E-state index contributed by atoms with van der Waals surface area (Å²) in [5, 5.41) is 9.55. The Hall–Kier alpha value is -2.34. The fourth-order valence-electron chi connectivity index (χ4n) is 1.63. The van der Waals surface area contributed by atoms with Crippen LogP contribution in [-0.4, -0.2) is 12.1 Å². The summed E-state index contributed by atoms with van der Waals surface area (Å²) >= 11 is 0. The lowest BCUT2D eigenvalue weighted by atomic mass is 10.1. The Labute approximate surface area is 93.6 Å². The fraction of sp³-hybridized carbons (Fsp3) is 0.0769.